The zero-order valence-corrected chi connectivity index (χ0v) is 13.9. The van der Waals surface area contributed by atoms with Gasteiger partial charge in [0.2, 0.25) is 0 Å². The molecule has 0 aliphatic rings. The van der Waals surface area contributed by atoms with E-state index < -0.39 is 5.97 Å². The number of carboxylic acid groups (broad SMARTS) is 1. The molecule has 0 aliphatic carbocycles. The standard InChI is InChI=1S/C17H16N4O2S/c1-2-21-15(13-7-9-18-10-8-13)19-20-17(21)24-11-12-3-5-14(6-4-12)16(22)23/h3-10H,2,11H2,1H3,(H,22,23). The van der Waals surface area contributed by atoms with Crippen molar-refractivity contribution in [3.8, 4) is 11.4 Å². The molecule has 1 aromatic carbocycles. The quantitative estimate of drug-likeness (QED) is 0.693. The first-order valence-corrected chi connectivity index (χ1v) is 8.46. The van der Waals surface area contributed by atoms with Crippen LogP contribution in [0, 0.1) is 0 Å². The van der Waals surface area contributed by atoms with Crippen LogP contribution >= 0.6 is 11.8 Å². The van der Waals surface area contributed by atoms with Crippen molar-refractivity contribution in [1.82, 2.24) is 19.7 Å². The lowest BCUT2D eigenvalue weighted by Crippen LogP contribution is -2.00. The fourth-order valence-corrected chi connectivity index (χ4v) is 3.24. The summed E-state index contributed by atoms with van der Waals surface area (Å²) >= 11 is 1.58. The maximum Gasteiger partial charge on any atom is 0.335 e. The second kappa shape index (κ2) is 7.27. The number of carboxylic acids is 1. The Morgan fingerprint density at radius 3 is 2.46 bits per heavy atom. The Bertz CT molecular complexity index is 832. The molecule has 0 saturated carbocycles. The second-order valence-electron chi connectivity index (χ2n) is 5.08. The molecule has 0 bridgehead atoms. The largest absolute Gasteiger partial charge is 0.478 e. The van der Waals surface area contributed by atoms with Crippen LogP contribution in [0.1, 0.15) is 22.8 Å². The van der Waals surface area contributed by atoms with Crippen molar-refractivity contribution in [3.05, 3.63) is 59.9 Å². The van der Waals surface area contributed by atoms with Crippen LogP contribution in [0.4, 0.5) is 0 Å². The van der Waals surface area contributed by atoms with Crippen LogP contribution in [0.5, 0.6) is 0 Å². The van der Waals surface area contributed by atoms with E-state index in [9.17, 15) is 4.79 Å². The van der Waals surface area contributed by atoms with Gasteiger partial charge in [0, 0.05) is 30.3 Å². The van der Waals surface area contributed by atoms with Crippen molar-refractivity contribution in [2.45, 2.75) is 24.4 Å². The van der Waals surface area contributed by atoms with Crippen LogP contribution in [0.15, 0.2) is 53.9 Å². The minimum atomic E-state index is -0.915. The first kappa shape index (κ1) is 16.2. The molecule has 6 nitrogen and oxygen atoms in total. The van der Waals surface area contributed by atoms with Crippen LogP contribution in [0.2, 0.25) is 0 Å². The summed E-state index contributed by atoms with van der Waals surface area (Å²) < 4.78 is 2.06. The Hall–Kier alpha value is -2.67. The Labute approximate surface area is 143 Å². The van der Waals surface area contributed by atoms with E-state index in [-0.39, 0.29) is 0 Å². The van der Waals surface area contributed by atoms with Crippen molar-refractivity contribution < 1.29 is 9.90 Å². The predicted octanol–water partition coefficient (Wildman–Crippen LogP) is 3.35. The topological polar surface area (TPSA) is 80.9 Å². The van der Waals surface area contributed by atoms with Gasteiger partial charge >= 0.3 is 5.97 Å². The number of aromatic nitrogens is 4. The number of benzene rings is 1. The first-order chi connectivity index (χ1) is 11.7. The van der Waals surface area contributed by atoms with Gasteiger partial charge in [-0.1, -0.05) is 23.9 Å². The van der Waals surface area contributed by atoms with E-state index in [0.29, 0.717) is 11.3 Å². The molecule has 122 valence electrons. The molecule has 2 heterocycles. The lowest BCUT2D eigenvalue weighted by atomic mass is 10.1. The third-order valence-electron chi connectivity index (χ3n) is 3.54. The van der Waals surface area contributed by atoms with Gasteiger partial charge in [-0.15, -0.1) is 10.2 Å². The molecule has 0 fully saturated rings. The Morgan fingerprint density at radius 2 is 1.83 bits per heavy atom. The lowest BCUT2D eigenvalue weighted by Gasteiger charge is -2.07. The highest BCUT2D eigenvalue weighted by Crippen LogP contribution is 2.26. The monoisotopic (exact) mass is 340 g/mol. The van der Waals surface area contributed by atoms with Gasteiger partial charge in [-0.2, -0.15) is 0 Å². The van der Waals surface area contributed by atoms with E-state index in [0.717, 1.165) is 28.7 Å². The molecule has 2 aromatic heterocycles. The molecule has 7 heteroatoms. The molecule has 3 rings (SSSR count). The Balaban J connectivity index is 1.76. The van der Waals surface area contributed by atoms with Crippen molar-refractivity contribution in [2.24, 2.45) is 0 Å². The highest BCUT2D eigenvalue weighted by atomic mass is 32.2. The molecule has 24 heavy (non-hydrogen) atoms. The van der Waals surface area contributed by atoms with E-state index in [1.54, 1.807) is 36.3 Å². The number of rotatable bonds is 6. The minimum Gasteiger partial charge on any atom is -0.478 e. The molecule has 0 amide bonds. The number of carbonyl (C=O) groups is 1. The van der Waals surface area contributed by atoms with Gasteiger partial charge in [0.1, 0.15) is 0 Å². The maximum absolute atomic E-state index is 10.9. The zero-order chi connectivity index (χ0) is 16.9. The molecule has 0 atom stereocenters. The third-order valence-corrected chi connectivity index (χ3v) is 4.58. The average Bonchev–Trinajstić information content (AvgIpc) is 3.04. The van der Waals surface area contributed by atoms with Crippen LogP contribution in [0.25, 0.3) is 11.4 Å². The average molecular weight is 340 g/mol. The second-order valence-corrected chi connectivity index (χ2v) is 6.02. The molecule has 0 unspecified atom stereocenters. The van der Waals surface area contributed by atoms with Gasteiger partial charge < -0.3 is 9.67 Å². The van der Waals surface area contributed by atoms with E-state index in [4.69, 9.17) is 5.11 Å². The summed E-state index contributed by atoms with van der Waals surface area (Å²) in [4.78, 5) is 14.9. The van der Waals surface area contributed by atoms with Crippen LogP contribution in [-0.2, 0) is 12.3 Å². The van der Waals surface area contributed by atoms with Gasteiger partial charge in [0.15, 0.2) is 11.0 Å². The Kier molecular flexibility index (Phi) is 4.90. The molecule has 0 saturated heterocycles. The van der Waals surface area contributed by atoms with Crippen molar-refractivity contribution in [3.63, 3.8) is 0 Å². The normalized spacial score (nSPS) is 10.7. The highest BCUT2D eigenvalue weighted by molar-refractivity contribution is 7.98. The van der Waals surface area contributed by atoms with Crippen LogP contribution < -0.4 is 0 Å². The van der Waals surface area contributed by atoms with E-state index in [1.165, 1.54) is 0 Å². The zero-order valence-electron chi connectivity index (χ0n) is 13.1. The number of aromatic carboxylic acids is 1. The van der Waals surface area contributed by atoms with Gasteiger partial charge in [-0.3, -0.25) is 4.98 Å². The molecule has 0 aliphatic heterocycles. The van der Waals surface area contributed by atoms with Gasteiger partial charge in [0.05, 0.1) is 5.56 Å². The summed E-state index contributed by atoms with van der Waals surface area (Å²) in [5.74, 6) is 0.611. The molecule has 0 radical (unpaired) electrons. The minimum absolute atomic E-state index is 0.292. The number of pyridine rings is 1. The van der Waals surface area contributed by atoms with Crippen LogP contribution in [-0.4, -0.2) is 30.8 Å². The number of hydrogen-bond donors (Lipinski definition) is 1. The summed E-state index contributed by atoms with van der Waals surface area (Å²) in [6, 6.07) is 10.7. The van der Waals surface area contributed by atoms with E-state index in [2.05, 4.69) is 26.7 Å². The molecular formula is C17H16N4O2S. The molecule has 1 N–H and O–H groups in total. The van der Waals surface area contributed by atoms with Crippen molar-refractivity contribution >= 4 is 17.7 Å². The highest BCUT2D eigenvalue weighted by Gasteiger charge is 2.13. The predicted molar refractivity (Wildman–Crippen MR) is 91.9 cm³/mol. The van der Waals surface area contributed by atoms with Gasteiger partial charge in [-0.05, 0) is 36.8 Å². The third kappa shape index (κ3) is 3.46. The van der Waals surface area contributed by atoms with E-state index in [1.807, 2.05) is 24.3 Å². The van der Waals surface area contributed by atoms with Crippen molar-refractivity contribution in [2.75, 3.05) is 0 Å². The fraction of sp³-hybridized carbons (Fsp3) is 0.176. The number of nitrogens with zero attached hydrogens (tertiary/aromatic N) is 4. The van der Waals surface area contributed by atoms with Crippen molar-refractivity contribution in [1.29, 1.82) is 0 Å². The van der Waals surface area contributed by atoms with Gasteiger partial charge in [-0.25, -0.2) is 4.79 Å². The van der Waals surface area contributed by atoms with E-state index >= 15 is 0 Å². The first-order valence-electron chi connectivity index (χ1n) is 7.47. The SMILES string of the molecule is CCn1c(SCc2ccc(C(=O)O)cc2)nnc1-c1ccncc1. The summed E-state index contributed by atoms with van der Waals surface area (Å²) in [6.45, 7) is 2.82. The maximum atomic E-state index is 10.9. The molecular weight excluding hydrogens is 324 g/mol. The Morgan fingerprint density at radius 1 is 1.12 bits per heavy atom. The lowest BCUT2D eigenvalue weighted by molar-refractivity contribution is 0.0697. The van der Waals surface area contributed by atoms with Crippen LogP contribution in [0.3, 0.4) is 0 Å². The molecule has 3 aromatic rings. The summed E-state index contributed by atoms with van der Waals surface area (Å²) in [6.07, 6.45) is 3.47. The summed E-state index contributed by atoms with van der Waals surface area (Å²) in [5.41, 5.74) is 2.32. The smallest absolute Gasteiger partial charge is 0.335 e. The summed E-state index contributed by atoms with van der Waals surface area (Å²) in [7, 11) is 0. The fourth-order valence-electron chi connectivity index (χ4n) is 2.29. The van der Waals surface area contributed by atoms with Gasteiger partial charge in [0.25, 0.3) is 0 Å². The number of hydrogen-bond acceptors (Lipinski definition) is 5. The molecule has 0 spiro atoms. The summed E-state index contributed by atoms with van der Waals surface area (Å²) in [5, 5.41) is 18.4. The number of thioether (sulfide) groups is 1.